The molecule has 2 heterocycles. The van der Waals surface area contributed by atoms with Crippen molar-refractivity contribution >= 4 is 17.2 Å². The molecule has 3 rings (SSSR count). The summed E-state index contributed by atoms with van der Waals surface area (Å²) in [7, 11) is 1.59. The number of ether oxygens (including phenoxy) is 2. The van der Waals surface area contributed by atoms with Gasteiger partial charge in [0.1, 0.15) is 5.75 Å². The van der Waals surface area contributed by atoms with E-state index in [0.29, 0.717) is 11.3 Å². The van der Waals surface area contributed by atoms with Gasteiger partial charge in [-0.25, -0.2) is 0 Å². The fourth-order valence-electron chi connectivity index (χ4n) is 1.92. The highest BCUT2D eigenvalue weighted by Crippen LogP contribution is 2.15. The second-order valence-electron chi connectivity index (χ2n) is 4.48. The van der Waals surface area contributed by atoms with Gasteiger partial charge in [0.2, 0.25) is 0 Å². The van der Waals surface area contributed by atoms with Gasteiger partial charge in [-0.2, -0.15) is 0 Å². The van der Waals surface area contributed by atoms with Crippen LogP contribution in [0.15, 0.2) is 48.7 Å². The van der Waals surface area contributed by atoms with Crippen LogP contribution in [0.25, 0.3) is 5.65 Å². The molecule has 2 aromatic heterocycles. The predicted octanol–water partition coefficient (Wildman–Crippen LogP) is 1.76. The van der Waals surface area contributed by atoms with Gasteiger partial charge in [-0.1, -0.05) is 11.2 Å². The number of aromatic nitrogens is 3. The van der Waals surface area contributed by atoms with Gasteiger partial charge in [0, 0.05) is 11.9 Å². The van der Waals surface area contributed by atoms with Gasteiger partial charge in [0.05, 0.1) is 7.11 Å². The average molecular weight is 298 g/mol. The summed E-state index contributed by atoms with van der Waals surface area (Å²) in [5.74, 6) is 0.446. The Balaban J connectivity index is 1.60. The first-order valence-corrected chi connectivity index (χ1v) is 6.63. The number of nitrogens with one attached hydrogen (secondary N) is 1. The van der Waals surface area contributed by atoms with E-state index in [0.717, 1.165) is 5.75 Å². The van der Waals surface area contributed by atoms with Crippen LogP contribution in [0.5, 0.6) is 11.8 Å². The van der Waals surface area contributed by atoms with Crippen LogP contribution in [0, 0.1) is 0 Å². The number of benzene rings is 1. The van der Waals surface area contributed by atoms with Crippen molar-refractivity contribution in [1.82, 2.24) is 14.6 Å². The largest absolute Gasteiger partial charge is 0.497 e. The van der Waals surface area contributed by atoms with E-state index in [4.69, 9.17) is 9.47 Å². The molecule has 1 N–H and O–H groups in total. The minimum absolute atomic E-state index is 0.151. The first-order valence-electron chi connectivity index (χ1n) is 6.63. The van der Waals surface area contributed by atoms with Gasteiger partial charge >= 0.3 is 6.01 Å². The maximum absolute atomic E-state index is 11.9. The van der Waals surface area contributed by atoms with E-state index in [1.54, 1.807) is 48.0 Å². The second kappa shape index (κ2) is 6.13. The Hall–Kier alpha value is -3.09. The van der Waals surface area contributed by atoms with Crippen molar-refractivity contribution in [3.63, 3.8) is 0 Å². The lowest BCUT2D eigenvalue weighted by Crippen LogP contribution is -2.20. The maximum Gasteiger partial charge on any atom is 0.322 e. The smallest absolute Gasteiger partial charge is 0.322 e. The van der Waals surface area contributed by atoms with Crippen molar-refractivity contribution in [3.8, 4) is 11.8 Å². The van der Waals surface area contributed by atoms with Crippen molar-refractivity contribution in [2.45, 2.75) is 0 Å². The molecule has 0 unspecified atom stereocenters. The summed E-state index contributed by atoms with van der Waals surface area (Å²) >= 11 is 0. The number of fused-ring (bicyclic) bond motifs is 1. The molecule has 0 spiro atoms. The summed E-state index contributed by atoms with van der Waals surface area (Å²) in [6.45, 7) is -0.151. The highest BCUT2D eigenvalue weighted by atomic mass is 16.5. The average Bonchev–Trinajstić information content (AvgIpc) is 2.97. The van der Waals surface area contributed by atoms with E-state index < -0.39 is 0 Å². The molecule has 112 valence electrons. The number of rotatable bonds is 5. The van der Waals surface area contributed by atoms with E-state index in [1.807, 2.05) is 12.1 Å². The summed E-state index contributed by atoms with van der Waals surface area (Å²) in [5.41, 5.74) is 1.33. The van der Waals surface area contributed by atoms with Gasteiger partial charge in [0.25, 0.3) is 5.91 Å². The quantitative estimate of drug-likeness (QED) is 0.776. The molecular formula is C15H14N4O3. The first kappa shape index (κ1) is 13.9. The predicted molar refractivity (Wildman–Crippen MR) is 80.1 cm³/mol. The maximum atomic E-state index is 11.9. The number of anilines is 1. The topological polar surface area (TPSA) is 77.8 Å². The normalized spacial score (nSPS) is 10.4. The second-order valence-corrected chi connectivity index (χ2v) is 4.48. The van der Waals surface area contributed by atoms with Crippen LogP contribution in [-0.2, 0) is 4.79 Å². The fraction of sp³-hybridized carbons (Fsp3) is 0.133. The molecule has 22 heavy (non-hydrogen) atoms. The summed E-state index contributed by atoms with van der Waals surface area (Å²) in [6.07, 6.45) is 1.77. The highest BCUT2D eigenvalue weighted by molar-refractivity contribution is 5.91. The minimum Gasteiger partial charge on any atom is -0.497 e. The summed E-state index contributed by atoms with van der Waals surface area (Å²) in [5, 5.41) is 10.6. The molecule has 0 saturated heterocycles. The minimum atomic E-state index is -0.280. The zero-order valence-corrected chi connectivity index (χ0v) is 11.9. The Morgan fingerprint density at radius 1 is 1.18 bits per heavy atom. The van der Waals surface area contributed by atoms with Gasteiger partial charge in [-0.3, -0.25) is 9.20 Å². The Labute approximate surface area is 126 Å². The molecule has 7 nitrogen and oxygen atoms in total. The molecule has 0 bridgehead atoms. The van der Waals surface area contributed by atoms with Crippen molar-refractivity contribution in [2.24, 2.45) is 0 Å². The fourth-order valence-corrected chi connectivity index (χ4v) is 1.92. The molecule has 0 aliphatic rings. The van der Waals surface area contributed by atoms with Crippen molar-refractivity contribution in [1.29, 1.82) is 0 Å². The molecule has 0 radical (unpaired) electrons. The van der Waals surface area contributed by atoms with Crippen molar-refractivity contribution < 1.29 is 14.3 Å². The molecule has 3 aromatic rings. The lowest BCUT2D eigenvalue weighted by atomic mass is 10.3. The number of carbonyl (C=O) groups excluding carboxylic acids is 1. The summed E-state index contributed by atoms with van der Waals surface area (Å²) in [6, 6.07) is 12.8. The molecule has 7 heteroatoms. The van der Waals surface area contributed by atoms with E-state index >= 15 is 0 Å². The van der Waals surface area contributed by atoms with E-state index in [9.17, 15) is 4.79 Å². The third-order valence-corrected chi connectivity index (χ3v) is 2.99. The van der Waals surface area contributed by atoms with Gasteiger partial charge in [0.15, 0.2) is 12.3 Å². The van der Waals surface area contributed by atoms with Crippen LogP contribution >= 0.6 is 0 Å². The number of hydrogen-bond acceptors (Lipinski definition) is 5. The SMILES string of the molecule is COc1ccc(NC(=O)COc2nnc3ccccn23)cc1. The molecular weight excluding hydrogens is 284 g/mol. The van der Waals surface area contributed by atoms with E-state index in [1.165, 1.54) is 0 Å². The number of carbonyl (C=O) groups is 1. The van der Waals surface area contributed by atoms with Crippen LogP contribution in [0.2, 0.25) is 0 Å². The Morgan fingerprint density at radius 2 is 2.00 bits per heavy atom. The Bertz CT molecular complexity index is 783. The molecule has 0 aliphatic heterocycles. The number of methoxy groups -OCH3 is 1. The summed E-state index contributed by atoms with van der Waals surface area (Å²) < 4.78 is 12.1. The number of pyridine rings is 1. The van der Waals surface area contributed by atoms with Crippen LogP contribution in [-0.4, -0.2) is 34.2 Å². The molecule has 0 aliphatic carbocycles. The van der Waals surface area contributed by atoms with Gasteiger partial charge in [-0.05, 0) is 36.4 Å². The van der Waals surface area contributed by atoms with Crippen LogP contribution in [0.4, 0.5) is 5.69 Å². The van der Waals surface area contributed by atoms with Crippen LogP contribution in [0.3, 0.4) is 0 Å². The highest BCUT2D eigenvalue weighted by Gasteiger charge is 2.09. The molecule has 0 saturated carbocycles. The van der Waals surface area contributed by atoms with Crippen molar-refractivity contribution in [3.05, 3.63) is 48.7 Å². The number of hydrogen-bond donors (Lipinski definition) is 1. The monoisotopic (exact) mass is 298 g/mol. The Morgan fingerprint density at radius 3 is 2.77 bits per heavy atom. The van der Waals surface area contributed by atoms with Crippen LogP contribution < -0.4 is 14.8 Å². The summed E-state index contributed by atoms with van der Waals surface area (Å²) in [4.78, 5) is 11.9. The van der Waals surface area contributed by atoms with E-state index in [2.05, 4.69) is 15.5 Å². The van der Waals surface area contributed by atoms with Gasteiger partial charge < -0.3 is 14.8 Å². The Kier molecular flexibility index (Phi) is 3.86. The molecule has 0 atom stereocenters. The molecule has 1 aromatic carbocycles. The zero-order valence-electron chi connectivity index (χ0n) is 11.9. The zero-order chi connectivity index (χ0) is 15.4. The van der Waals surface area contributed by atoms with Crippen molar-refractivity contribution in [2.75, 3.05) is 19.0 Å². The third-order valence-electron chi connectivity index (χ3n) is 2.99. The van der Waals surface area contributed by atoms with Gasteiger partial charge in [-0.15, -0.1) is 5.10 Å². The van der Waals surface area contributed by atoms with Crippen LogP contribution in [0.1, 0.15) is 0 Å². The molecule has 1 amide bonds. The number of nitrogens with zero attached hydrogens (tertiary/aromatic N) is 3. The third kappa shape index (κ3) is 2.98. The number of amides is 1. The van der Waals surface area contributed by atoms with E-state index in [-0.39, 0.29) is 18.5 Å². The lowest BCUT2D eigenvalue weighted by molar-refractivity contribution is -0.118. The molecule has 0 fully saturated rings. The standard InChI is InChI=1S/C15H14N4O3/c1-21-12-7-5-11(6-8-12)16-14(20)10-22-15-18-17-13-4-2-3-9-19(13)15/h2-9H,10H2,1H3,(H,16,20). The lowest BCUT2D eigenvalue weighted by Gasteiger charge is -2.07. The first-order chi connectivity index (χ1) is 10.8.